The Hall–Kier alpha value is -4.37. The van der Waals surface area contributed by atoms with Gasteiger partial charge in [-0.15, -0.1) is 0 Å². The van der Waals surface area contributed by atoms with Crippen LogP contribution in [0.2, 0.25) is 0 Å². The van der Waals surface area contributed by atoms with Gasteiger partial charge in [-0.2, -0.15) is 5.26 Å². The molecule has 2 aromatic heterocycles. The van der Waals surface area contributed by atoms with Crippen LogP contribution < -0.4 is 9.64 Å². The van der Waals surface area contributed by atoms with Gasteiger partial charge >= 0.3 is 6.09 Å². The van der Waals surface area contributed by atoms with Crippen molar-refractivity contribution in [3.63, 3.8) is 0 Å². The van der Waals surface area contributed by atoms with Crippen LogP contribution in [-0.2, 0) is 15.5 Å². The van der Waals surface area contributed by atoms with Gasteiger partial charge in [0.2, 0.25) is 11.0 Å². The van der Waals surface area contributed by atoms with Gasteiger partial charge in [0.25, 0.3) is 0 Å². The van der Waals surface area contributed by atoms with Crippen molar-refractivity contribution in [3.05, 3.63) is 47.8 Å². The van der Waals surface area contributed by atoms with Crippen LogP contribution in [0.5, 0.6) is 5.88 Å². The molecule has 5 atom stereocenters. The van der Waals surface area contributed by atoms with Gasteiger partial charge in [-0.05, 0) is 52.0 Å². The number of hydrogen-bond donors (Lipinski definition) is 0. The fourth-order valence-corrected chi connectivity index (χ4v) is 7.39. The van der Waals surface area contributed by atoms with E-state index in [1.807, 2.05) is 44.7 Å². The summed E-state index contributed by atoms with van der Waals surface area (Å²) in [5, 5.41) is 11.5. The molecule has 3 aliphatic heterocycles. The zero-order chi connectivity index (χ0) is 31.1. The Balaban J connectivity index is 1.44. The molecule has 2 saturated heterocycles. The zero-order valence-electron chi connectivity index (χ0n) is 25.0. The van der Waals surface area contributed by atoms with Gasteiger partial charge in [-0.1, -0.05) is 30.3 Å². The minimum absolute atomic E-state index is 0.0136. The predicted molar refractivity (Wildman–Crippen MR) is 163 cm³/mol. The topological polar surface area (TPSA) is 122 Å². The van der Waals surface area contributed by atoms with E-state index in [2.05, 4.69) is 16.0 Å². The Morgan fingerprint density at radius 1 is 1.14 bits per heavy atom. The highest BCUT2D eigenvalue weighted by Crippen LogP contribution is 2.46. The number of benzene rings is 2. The SMILES string of the molecule is C[C@@H]1Oc2nc(-c3cccc4cccc(C#N)c34)c(F)c3nc(S(C)=O)nc(c23)N2C[C@H]3CC[C@@H]([C@@H]12)N3C(=O)OC(C)(C)C. The van der Waals surface area contributed by atoms with Crippen molar-refractivity contribution < 1.29 is 22.9 Å². The second-order valence-electron chi connectivity index (χ2n) is 12.6. The number of hydrogen-bond acceptors (Lipinski definition) is 9. The summed E-state index contributed by atoms with van der Waals surface area (Å²) in [6.07, 6.45) is 2.08. The Labute approximate surface area is 256 Å². The number of carbonyl (C=O) groups excluding carboxylic acids is 1. The van der Waals surface area contributed by atoms with Crippen molar-refractivity contribution in [2.75, 3.05) is 17.7 Å². The summed E-state index contributed by atoms with van der Waals surface area (Å²) in [5.74, 6) is -0.184. The number of halogens is 1. The van der Waals surface area contributed by atoms with Gasteiger partial charge in [0.05, 0.1) is 40.6 Å². The third kappa shape index (κ3) is 4.36. The first-order chi connectivity index (χ1) is 21.0. The predicted octanol–water partition coefficient (Wildman–Crippen LogP) is 5.33. The van der Waals surface area contributed by atoms with Crippen LogP contribution in [-0.4, -0.2) is 72.8 Å². The van der Waals surface area contributed by atoms with E-state index in [0.717, 1.165) is 18.2 Å². The molecule has 2 aromatic carbocycles. The van der Waals surface area contributed by atoms with E-state index < -0.39 is 28.3 Å². The Morgan fingerprint density at radius 3 is 2.59 bits per heavy atom. The van der Waals surface area contributed by atoms with Gasteiger partial charge in [0.1, 0.15) is 34.1 Å². The van der Waals surface area contributed by atoms with E-state index in [-0.39, 0.29) is 46.5 Å². The number of aromatic nitrogens is 3. The average molecular weight is 615 g/mol. The van der Waals surface area contributed by atoms with Gasteiger partial charge < -0.3 is 14.4 Å². The first-order valence-electron chi connectivity index (χ1n) is 14.6. The summed E-state index contributed by atoms with van der Waals surface area (Å²) in [7, 11) is -1.62. The number of anilines is 1. The van der Waals surface area contributed by atoms with Crippen molar-refractivity contribution in [1.82, 2.24) is 19.9 Å². The quantitative estimate of drug-likeness (QED) is 0.276. The molecular weight excluding hydrogens is 583 g/mol. The highest BCUT2D eigenvalue weighted by Gasteiger charge is 2.53. The molecule has 3 aliphatic rings. The molecule has 7 rings (SSSR count). The van der Waals surface area contributed by atoms with Crippen molar-refractivity contribution in [2.24, 2.45) is 0 Å². The minimum atomic E-state index is -1.62. The number of pyridine rings is 1. The van der Waals surface area contributed by atoms with Gasteiger partial charge in [-0.25, -0.2) is 24.1 Å². The minimum Gasteiger partial charge on any atom is -0.472 e. The lowest BCUT2D eigenvalue weighted by Crippen LogP contribution is -2.65. The highest BCUT2D eigenvalue weighted by atomic mass is 32.2. The third-order valence-corrected chi connectivity index (χ3v) is 9.31. The number of piperazine rings is 1. The number of amides is 1. The molecule has 1 amide bonds. The first-order valence-corrected chi connectivity index (χ1v) is 16.1. The Morgan fingerprint density at radius 2 is 1.89 bits per heavy atom. The van der Waals surface area contributed by atoms with Gasteiger partial charge in [0.15, 0.2) is 5.82 Å². The largest absolute Gasteiger partial charge is 0.472 e. The van der Waals surface area contributed by atoms with E-state index in [9.17, 15) is 14.3 Å². The number of fused-ring (bicyclic) bond motifs is 6. The molecule has 44 heavy (non-hydrogen) atoms. The summed E-state index contributed by atoms with van der Waals surface area (Å²) in [6, 6.07) is 12.1. The maximum Gasteiger partial charge on any atom is 0.410 e. The molecule has 0 radical (unpaired) electrons. The van der Waals surface area contributed by atoms with Gasteiger partial charge in [0, 0.05) is 23.8 Å². The summed E-state index contributed by atoms with van der Waals surface area (Å²) in [5.41, 5.74) is 0.0690. The van der Waals surface area contributed by atoms with Crippen LogP contribution in [0.3, 0.4) is 0 Å². The van der Waals surface area contributed by atoms with E-state index in [4.69, 9.17) is 19.4 Å². The molecule has 10 nitrogen and oxygen atoms in total. The van der Waals surface area contributed by atoms with Crippen LogP contribution >= 0.6 is 0 Å². The summed E-state index contributed by atoms with van der Waals surface area (Å²) >= 11 is 0. The van der Waals surface area contributed by atoms with E-state index >= 15 is 4.39 Å². The summed E-state index contributed by atoms with van der Waals surface area (Å²) < 4.78 is 41.9. The molecule has 226 valence electrons. The average Bonchev–Trinajstić information content (AvgIpc) is 3.23. The first kappa shape index (κ1) is 28.4. The van der Waals surface area contributed by atoms with Crippen molar-refractivity contribution in [2.45, 2.75) is 75.5 Å². The second-order valence-corrected chi connectivity index (χ2v) is 13.8. The second kappa shape index (κ2) is 10.1. The Bertz CT molecular complexity index is 1930. The zero-order valence-corrected chi connectivity index (χ0v) is 25.8. The monoisotopic (exact) mass is 614 g/mol. The lowest BCUT2D eigenvalue weighted by molar-refractivity contribution is 0.000952. The molecular formula is C32H31FN6O4S. The van der Waals surface area contributed by atoms with Crippen LogP contribution in [0.4, 0.5) is 15.0 Å². The smallest absolute Gasteiger partial charge is 0.410 e. The number of nitrogens with zero attached hydrogens (tertiary/aromatic N) is 6. The molecule has 0 aliphatic carbocycles. The lowest BCUT2D eigenvalue weighted by Gasteiger charge is -2.48. The molecule has 0 N–H and O–H groups in total. The molecule has 0 spiro atoms. The number of carbonyl (C=O) groups is 1. The fourth-order valence-electron chi connectivity index (χ4n) is 6.96. The molecule has 5 heterocycles. The van der Waals surface area contributed by atoms with Crippen molar-refractivity contribution in [3.8, 4) is 23.2 Å². The van der Waals surface area contributed by atoms with Crippen LogP contribution in [0, 0.1) is 17.1 Å². The van der Waals surface area contributed by atoms with Crippen molar-refractivity contribution in [1.29, 1.82) is 5.26 Å². The van der Waals surface area contributed by atoms with Crippen LogP contribution in [0.25, 0.3) is 32.9 Å². The number of nitriles is 1. The van der Waals surface area contributed by atoms with E-state index in [1.54, 1.807) is 24.3 Å². The third-order valence-electron chi connectivity index (χ3n) is 8.61. The highest BCUT2D eigenvalue weighted by molar-refractivity contribution is 7.84. The van der Waals surface area contributed by atoms with E-state index in [0.29, 0.717) is 34.3 Å². The van der Waals surface area contributed by atoms with E-state index in [1.165, 1.54) is 6.26 Å². The molecule has 4 aromatic rings. The molecule has 12 heteroatoms. The molecule has 1 unspecified atom stereocenters. The molecule has 2 bridgehead atoms. The maximum absolute atomic E-state index is 16.7. The van der Waals surface area contributed by atoms with Crippen molar-refractivity contribution >= 4 is 44.4 Å². The summed E-state index contributed by atoms with van der Waals surface area (Å²) in [6.45, 7) is 7.84. The van der Waals surface area contributed by atoms with Gasteiger partial charge in [-0.3, -0.25) is 9.11 Å². The fraction of sp³-hybridized carbons (Fsp3) is 0.406. The molecule has 0 saturated carbocycles. The number of rotatable bonds is 2. The molecule has 2 fully saturated rings. The standard InChI is InChI=1S/C32H31FN6O4S/c1-16-27-21-13-12-19(39(21)31(40)43-32(2,3)4)15-38(27)28-23-26(36-30(37-28)44(5)41)24(33)25(35-29(23)42-16)20-11-7-9-17-8-6-10-18(14-34)22(17)20/h6-11,16,19,21,27H,12-13,15H2,1-5H3/t16-,19+,21-,27+,44?/m0/s1. The normalized spacial score (nSPS) is 23.1. The van der Waals surface area contributed by atoms with Crippen LogP contribution in [0.15, 0.2) is 41.6 Å². The lowest BCUT2D eigenvalue weighted by atomic mass is 9.97. The number of ether oxygens (including phenoxy) is 2. The maximum atomic E-state index is 16.7. The van der Waals surface area contributed by atoms with Crippen LogP contribution in [0.1, 0.15) is 46.1 Å². The Kier molecular flexibility index (Phi) is 6.51. The summed E-state index contributed by atoms with van der Waals surface area (Å²) in [4.78, 5) is 31.2.